The second kappa shape index (κ2) is 8.60. The van der Waals surface area contributed by atoms with Gasteiger partial charge in [0, 0.05) is 43.7 Å². The first-order valence-electron chi connectivity index (χ1n) is 11.5. The first-order valence-corrected chi connectivity index (χ1v) is 12.4. The number of fused-ring (bicyclic) bond motifs is 1. The van der Waals surface area contributed by atoms with Crippen molar-refractivity contribution < 1.29 is 5.11 Å². The number of thiazole rings is 1. The van der Waals surface area contributed by atoms with Gasteiger partial charge in [0.05, 0.1) is 5.69 Å². The van der Waals surface area contributed by atoms with Crippen molar-refractivity contribution >= 4 is 16.5 Å². The van der Waals surface area contributed by atoms with Gasteiger partial charge >= 0.3 is 0 Å². The second-order valence-electron chi connectivity index (χ2n) is 10.3. The third-order valence-corrected chi connectivity index (χ3v) is 8.03. The van der Waals surface area contributed by atoms with E-state index >= 15 is 0 Å². The molecule has 1 N–H and O–H groups in total. The molecule has 0 spiro atoms. The monoisotopic (exact) mass is 427 g/mol. The molecule has 30 heavy (non-hydrogen) atoms. The summed E-state index contributed by atoms with van der Waals surface area (Å²) in [4.78, 5) is 9.97. The van der Waals surface area contributed by atoms with Crippen LogP contribution >= 0.6 is 11.3 Å². The Kier molecular flexibility index (Phi) is 6.25. The average molecular weight is 428 g/mol. The number of benzene rings is 1. The van der Waals surface area contributed by atoms with E-state index in [2.05, 4.69) is 61.1 Å². The van der Waals surface area contributed by atoms with Crippen LogP contribution in [0.15, 0.2) is 23.6 Å². The van der Waals surface area contributed by atoms with Crippen molar-refractivity contribution in [2.45, 2.75) is 64.2 Å². The Morgan fingerprint density at radius 1 is 1.00 bits per heavy atom. The Balaban J connectivity index is 1.53. The van der Waals surface area contributed by atoms with Gasteiger partial charge in [-0.1, -0.05) is 39.8 Å². The highest BCUT2D eigenvalue weighted by molar-refractivity contribution is 7.14. The third kappa shape index (κ3) is 4.44. The quantitative estimate of drug-likeness (QED) is 0.724. The van der Waals surface area contributed by atoms with Crippen LogP contribution in [0.4, 0.5) is 5.13 Å². The van der Waals surface area contributed by atoms with E-state index in [0.717, 1.165) is 56.4 Å². The molecule has 1 aromatic heterocycles. The van der Waals surface area contributed by atoms with Crippen LogP contribution in [-0.2, 0) is 10.8 Å². The fourth-order valence-corrected chi connectivity index (χ4v) is 5.86. The van der Waals surface area contributed by atoms with E-state index in [0.29, 0.717) is 0 Å². The molecule has 0 unspecified atom stereocenters. The molecule has 0 saturated carbocycles. The van der Waals surface area contributed by atoms with Crippen LogP contribution in [0.2, 0.25) is 0 Å². The number of hydrogen-bond donors (Lipinski definition) is 1. The maximum atomic E-state index is 9.10. The number of aliphatic hydroxyl groups excluding tert-OH is 1. The normalized spacial score (nSPS) is 21.3. The summed E-state index contributed by atoms with van der Waals surface area (Å²) < 4.78 is 0. The van der Waals surface area contributed by atoms with Crippen LogP contribution < -0.4 is 4.90 Å². The van der Waals surface area contributed by atoms with Crippen molar-refractivity contribution in [1.82, 2.24) is 9.88 Å². The van der Waals surface area contributed by atoms with E-state index in [1.54, 1.807) is 11.3 Å². The Morgan fingerprint density at radius 3 is 2.53 bits per heavy atom. The maximum Gasteiger partial charge on any atom is 0.185 e. The zero-order chi connectivity index (χ0) is 21.4. The van der Waals surface area contributed by atoms with Crippen molar-refractivity contribution in [2.75, 3.05) is 44.2 Å². The lowest BCUT2D eigenvalue weighted by molar-refractivity contribution is 0.232. The van der Waals surface area contributed by atoms with Gasteiger partial charge in [0.15, 0.2) is 5.13 Å². The molecule has 1 fully saturated rings. The summed E-state index contributed by atoms with van der Waals surface area (Å²) in [6.45, 7) is 15.1. The minimum atomic E-state index is 0.225. The van der Waals surface area contributed by atoms with Crippen LogP contribution in [0, 0.1) is 0 Å². The molecular formula is C25H37N3OS. The van der Waals surface area contributed by atoms with Gasteiger partial charge in [-0.05, 0) is 60.3 Å². The summed E-state index contributed by atoms with van der Waals surface area (Å²) in [6.07, 6.45) is 4.51. The molecule has 1 saturated heterocycles. The first-order chi connectivity index (χ1) is 14.3. The molecule has 4 rings (SSSR count). The number of aromatic nitrogens is 1. The fourth-order valence-electron chi connectivity index (χ4n) is 4.97. The van der Waals surface area contributed by atoms with E-state index in [1.807, 2.05) is 0 Å². The summed E-state index contributed by atoms with van der Waals surface area (Å²) in [5.74, 6) is 0. The Labute approximate surface area is 185 Å². The molecule has 2 aromatic rings. The van der Waals surface area contributed by atoms with E-state index in [-0.39, 0.29) is 17.4 Å². The number of anilines is 1. The predicted octanol–water partition coefficient (Wildman–Crippen LogP) is 5.05. The Bertz CT molecular complexity index is 873. The highest BCUT2D eigenvalue weighted by Crippen LogP contribution is 2.46. The number of hydrogen-bond acceptors (Lipinski definition) is 5. The fraction of sp³-hybridized carbons (Fsp3) is 0.640. The molecule has 0 radical (unpaired) electrons. The first kappa shape index (κ1) is 21.8. The van der Waals surface area contributed by atoms with Gasteiger partial charge in [-0.3, -0.25) is 0 Å². The lowest BCUT2D eigenvalue weighted by Crippen LogP contribution is -2.33. The van der Waals surface area contributed by atoms with Gasteiger partial charge in [-0.25, -0.2) is 4.98 Å². The minimum Gasteiger partial charge on any atom is -0.396 e. The largest absolute Gasteiger partial charge is 0.396 e. The van der Waals surface area contributed by atoms with Crippen LogP contribution in [0.5, 0.6) is 0 Å². The molecule has 4 nitrogen and oxygen atoms in total. The summed E-state index contributed by atoms with van der Waals surface area (Å²) in [5.41, 5.74) is 5.85. The van der Waals surface area contributed by atoms with Crippen molar-refractivity contribution in [3.8, 4) is 11.3 Å². The van der Waals surface area contributed by atoms with Gasteiger partial charge in [-0.2, -0.15) is 0 Å². The zero-order valence-electron chi connectivity index (χ0n) is 19.1. The van der Waals surface area contributed by atoms with Gasteiger partial charge in [0.25, 0.3) is 0 Å². The highest BCUT2D eigenvalue weighted by Gasteiger charge is 2.37. The maximum absolute atomic E-state index is 9.10. The van der Waals surface area contributed by atoms with E-state index < -0.39 is 0 Å². The SMILES string of the molecule is CC1(C)CCC(C)(C)c2cc(-c3csc(N4CCCN(CCCO)CC4)n3)ccc21. The van der Waals surface area contributed by atoms with Gasteiger partial charge in [0.1, 0.15) is 0 Å². The van der Waals surface area contributed by atoms with Crippen molar-refractivity contribution in [2.24, 2.45) is 0 Å². The number of aliphatic hydroxyl groups is 1. The Hall–Kier alpha value is -1.43. The summed E-state index contributed by atoms with van der Waals surface area (Å²) >= 11 is 1.77. The minimum absolute atomic E-state index is 0.225. The molecule has 2 aliphatic rings. The number of rotatable bonds is 5. The molecule has 1 aliphatic carbocycles. The molecule has 0 amide bonds. The van der Waals surface area contributed by atoms with Gasteiger partial charge in [0.2, 0.25) is 0 Å². The van der Waals surface area contributed by atoms with Gasteiger partial charge < -0.3 is 14.9 Å². The highest BCUT2D eigenvalue weighted by atomic mass is 32.1. The summed E-state index contributed by atoms with van der Waals surface area (Å²) in [5, 5.41) is 12.5. The summed E-state index contributed by atoms with van der Waals surface area (Å²) in [7, 11) is 0. The average Bonchev–Trinajstić information content (AvgIpc) is 3.09. The predicted molar refractivity (Wildman–Crippen MR) is 128 cm³/mol. The van der Waals surface area contributed by atoms with E-state index in [1.165, 1.54) is 29.5 Å². The van der Waals surface area contributed by atoms with Crippen LogP contribution in [0.1, 0.15) is 64.5 Å². The molecule has 1 aromatic carbocycles. The molecule has 164 valence electrons. The smallest absolute Gasteiger partial charge is 0.185 e. The summed E-state index contributed by atoms with van der Waals surface area (Å²) in [6, 6.07) is 7.05. The van der Waals surface area contributed by atoms with Gasteiger partial charge in [-0.15, -0.1) is 11.3 Å². The lowest BCUT2D eigenvalue weighted by atomic mass is 9.63. The third-order valence-electron chi connectivity index (χ3n) is 7.13. The zero-order valence-corrected chi connectivity index (χ0v) is 19.9. The van der Waals surface area contributed by atoms with Crippen LogP contribution in [0.3, 0.4) is 0 Å². The molecular weight excluding hydrogens is 390 g/mol. The standard InChI is InChI=1S/C25H37N3OS/c1-24(2)9-10-25(3,4)21-17-19(7-8-20(21)24)22-18-30-23(26-22)28-13-5-11-27(14-15-28)12-6-16-29/h7-8,17-18,29H,5-6,9-16H2,1-4H3. The number of nitrogens with zero attached hydrogens (tertiary/aromatic N) is 3. The van der Waals surface area contributed by atoms with E-state index in [9.17, 15) is 0 Å². The Morgan fingerprint density at radius 2 is 1.77 bits per heavy atom. The van der Waals surface area contributed by atoms with Crippen LogP contribution in [0.25, 0.3) is 11.3 Å². The molecule has 1 aliphatic heterocycles. The molecule has 5 heteroatoms. The van der Waals surface area contributed by atoms with Crippen molar-refractivity contribution in [3.63, 3.8) is 0 Å². The van der Waals surface area contributed by atoms with E-state index in [4.69, 9.17) is 10.1 Å². The van der Waals surface area contributed by atoms with Crippen molar-refractivity contribution in [1.29, 1.82) is 0 Å². The topological polar surface area (TPSA) is 39.6 Å². The second-order valence-corrected chi connectivity index (χ2v) is 11.1. The van der Waals surface area contributed by atoms with Crippen molar-refractivity contribution in [3.05, 3.63) is 34.7 Å². The molecule has 0 atom stereocenters. The lowest BCUT2D eigenvalue weighted by Gasteiger charge is -2.42. The molecule has 2 heterocycles. The molecule has 0 bridgehead atoms. The van der Waals surface area contributed by atoms with Crippen LogP contribution in [-0.4, -0.2) is 54.3 Å².